The van der Waals surface area contributed by atoms with E-state index in [1.54, 1.807) is 11.3 Å². The lowest BCUT2D eigenvalue weighted by molar-refractivity contribution is 0.575. The minimum absolute atomic E-state index is 0.674. The predicted molar refractivity (Wildman–Crippen MR) is 82.0 cm³/mol. The fraction of sp³-hybridized carbons (Fsp3) is 0.583. The molecule has 0 aliphatic carbocycles. The zero-order valence-electron chi connectivity index (χ0n) is 10.1. The Bertz CT molecular complexity index is 401. The van der Waals surface area contributed by atoms with Gasteiger partial charge in [0.25, 0.3) is 0 Å². The molecule has 1 aliphatic heterocycles. The molecule has 0 saturated carbocycles. The number of aliphatic imine (C=N–C) groups is 1. The van der Waals surface area contributed by atoms with Gasteiger partial charge in [-0.3, -0.25) is 4.99 Å². The summed E-state index contributed by atoms with van der Waals surface area (Å²) in [6.45, 7) is 6.40. The highest BCUT2D eigenvalue weighted by atomic mass is 79.9. The number of halogens is 1. The van der Waals surface area contributed by atoms with Gasteiger partial charge in [-0.25, -0.2) is 0 Å². The lowest BCUT2D eigenvalue weighted by Gasteiger charge is -2.10. The van der Waals surface area contributed by atoms with Crippen LogP contribution in [-0.4, -0.2) is 17.0 Å². The maximum absolute atomic E-state index is 4.55. The third-order valence-electron chi connectivity index (χ3n) is 2.49. The van der Waals surface area contributed by atoms with E-state index >= 15 is 0 Å². The van der Waals surface area contributed by atoms with Crippen molar-refractivity contribution in [1.82, 2.24) is 5.32 Å². The zero-order valence-corrected chi connectivity index (χ0v) is 13.3. The lowest BCUT2D eigenvalue weighted by Crippen LogP contribution is -2.18. The van der Waals surface area contributed by atoms with Crippen LogP contribution in [0.5, 0.6) is 0 Å². The Morgan fingerprint density at radius 1 is 1.53 bits per heavy atom. The fourth-order valence-corrected chi connectivity index (χ4v) is 4.45. The van der Waals surface area contributed by atoms with Crippen molar-refractivity contribution in [2.45, 2.75) is 32.1 Å². The van der Waals surface area contributed by atoms with Gasteiger partial charge in [0.1, 0.15) is 0 Å². The molecule has 1 aromatic heterocycles. The number of rotatable bonds is 4. The topological polar surface area (TPSA) is 24.4 Å². The summed E-state index contributed by atoms with van der Waals surface area (Å²) in [6.07, 6.45) is 1.25. The molecule has 0 saturated heterocycles. The summed E-state index contributed by atoms with van der Waals surface area (Å²) in [7, 11) is 0. The monoisotopic (exact) mass is 332 g/mol. The molecule has 0 bridgehead atoms. The van der Waals surface area contributed by atoms with Crippen LogP contribution in [0.4, 0.5) is 0 Å². The zero-order chi connectivity index (χ0) is 12.3. The molecule has 1 aliphatic rings. The maximum atomic E-state index is 4.55. The fourth-order valence-electron chi connectivity index (χ4n) is 1.77. The van der Waals surface area contributed by atoms with Crippen LogP contribution in [-0.2, 0) is 6.54 Å². The smallest absolute Gasteiger partial charge is 0.157 e. The summed E-state index contributed by atoms with van der Waals surface area (Å²) in [4.78, 5) is 5.89. The number of nitrogens with zero attached hydrogens (tertiary/aromatic N) is 1. The molecule has 0 aromatic carbocycles. The van der Waals surface area contributed by atoms with Gasteiger partial charge in [0.15, 0.2) is 5.17 Å². The Kier molecular flexibility index (Phi) is 4.94. The molecule has 1 atom stereocenters. The summed E-state index contributed by atoms with van der Waals surface area (Å²) in [5, 5.41) is 5.20. The quantitative estimate of drug-likeness (QED) is 0.896. The van der Waals surface area contributed by atoms with Crippen molar-refractivity contribution in [3.05, 3.63) is 20.8 Å². The third kappa shape index (κ3) is 4.30. The van der Waals surface area contributed by atoms with Gasteiger partial charge >= 0.3 is 0 Å². The Morgan fingerprint density at radius 3 is 3.00 bits per heavy atom. The van der Waals surface area contributed by atoms with Gasteiger partial charge in [-0.2, -0.15) is 0 Å². The average molecular weight is 333 g/mol. The predicted octanol–water partition coefficient (Wildman–Crippen LogP) is 4.12. The third-order valence-corrected chi connectivity index (χ3v) is 5.29. The van der Waals surface area contributed by atoms with E-state index in [1.807, 2.05) is 11.8 Å². The lowest BCUT2D eigenvalue weighted by atomic mass is 10.1. The van der Waals surface area contributed by atoms with Gasteiger partial charge in [-0.15, -0.1) is 11.3 Å². The highest BCUT2D eigenvalue weighted by Gasteiger charge is 2.20. The van der Waals surface area contributed by atoms with Crippen molar-refractivity contribution in [1.29, 1.82) is 0 Å². The first-order valence-corrected chi connectivity index (χ1v) is 8.31. The Labute approximate surface area is 119 Å². The molecule has 0 amide bonds. The van der Waals surface area contributed by atoms with Gasteiger partial charge < -0.3 is 5.32 Å². The summed E-state index contributed by atoms with van der Waals surface area (Å²) in [5.74, 6) is 0.760. The highest BCUT2D eigenvalue weighted by molar-refractivity contribution is 9.11. The van der Waals surface area contributed by atoms with E-state index in [4.69, 9.17) is 0 Å². The molecule has 5 heteroatoms. The molecular weight excluding hydrogens is 316 g/mol. The van der Waals surface area contributed by atoms with Crippen LogP contribution < -0.4 is 5.32 Å². The Morgan fingerprint density at radius 2 is 2.35 bits per heavy atom. The van der Waals surface area contributed by atoms with Crippen LogP contribution in [0.3, 0.4) is 0 Å². The molecule has 1 unspecified atom stereocenters. The van der Waals surface area contributed by atoms with Crippen molar-refractivity contribution >= 4 is 44.2 Å². The molecule has 0 radical (unpaired) electrons. The first-order valence-electron chi connectivity index (χ1n) is 5.82. The van der Waals surface area contributed by atoms with Crippen LogP contribution in [0.1, 0.15) is 25.1 Å². The molecule has 0 fully saturated rings. The molecule has 17 heavy (non-hydrogen) atoms. The number of hydrogen-bond donors (Lipinski definition) is 1. The largest absolute Gasteiger partial charge is 0.360 e. The minimum Gasteiger partial charge on any atom is -0.360 e. The van der Waals surface area contributed by atoms with Gasteiger partial charge in [0.05, 0.1) is 16.9 Å². The molecule has 0 spiro atoms. The Hall–Kier alpha value is -0.000000000000000111. The second kappa shape index (κ2) is 6.25. The van der Waals surface area contributed by atoms with Crippen molar-refractivity contribution in [2.24, 2.45) is 10.9 Å². The summed E-state index contributed by atoms with van der Waals surface area (Å²) in [6, 6.07) is 4.24. The van der Waals surface area contributed by atoms with E-state index < -0.39 is 0 Å². The minimum atomic E-state index is 0.674. The summed E-state index contributed by atoms with van der Waals surface area (Å²) < 4.78 is 1.19. The van der Waals surface area contributed by atoms with E-state index in [0.717, 1.165) is 24.2 Å². The second-order valence-corrected chi connectivity index (χ2v) is 8.41. The van der Waals surface area contributed by atoms with Crippen LogP contribution in [0, 0.1) is 5.92 Å². The molecule has 1 N–H and O–H groups in total. The highest BCUT2D eigenvalue weighted by Crippen LogP contribution is 2.26. The van der Waals surface area contributed by atoms with E-state index in [9.17, 15) is 0 Å². The molecule has 1 aromatic rings. The normalized spacial score (nSPS) is 19.8. The van der Waals surface area contributed by atoms with Gasteiger partial charge in [0, 0.05) is 10.1 Å². The van der Waals surface area contributed by atoms with Crippen molar-refractivity contribution < 1.29 is 0 Å². The van der Waals surface area contributed by atoms with Gasteiger partial charge in [-0.05, 0) is 40.4 Å². The molecule has 2 rings (SSSR count). The van der Waals surface area contributed by atoms with E-state index in [1.165, 1.54) is 15.1 Å². The molecule has 2 heterocycles. The van der Waals surface area contributed by atoms with Crippen LogP contribution in [0.2, 0.25) is 0 Å². The molecular formula is C12H17BrN2S2. The standard InChI is InChI=1S/C12H17BrN2S2/c1-8(2)5-10-7-15-12(17-10)14-6-9-3-4-11(13)16-9/h3-4,8,10H,5-7H2,1-2H3,(H,14,15). The van der Waals surface area contributed by atoms with Crippen molar-refractivity contribution in [2.75, 3.05) is 6.54 Å². The number of hydrogen-bond acceptors (Lipinski definition) is 4. The Balaban J connectivity index is 1.74. The van der Waals surface area contributed by atoms with E-state index in [-0.39, 0.29) is 0 Å². The number of amidine groups is 1. The number of thiophene rings is 1. The van der Waals surface area contributed by atoms with Crippen LogP contribution in [0.15, 0.2) is 20.9 Å². The SMILES string of the molecule is CC(C)CC1CN=C(NCc2ccc(Br)s2)S1. The molecule has 94 valence electrons. The maximum Gasteiger partial charge on any atom is 0.157 e. The van der Waals surface area contributed by atoms with E-state index in [0.29, 0.717) is 5.25 Å². The second-order valence-electron chi connectivity index (χ2n) is 4.57. The van der Waals surface area contributed by atoms with Gasteiger partial charge in [-0.1, -0.05) is 25.6 Å². The van der Waals surface area contributed by atoms with Gasteiger partial charge in [0.2, 0.25) is 0 Å². The summed E-state index contributed by atoms with van der Waals surface area (Å²) in [5.41, 5.74) is 0. The van der Waals surface area contributed by atoms with Crippen LogP contribution >= 0.6 is 39.0 Å². The molecule has 2 nitrogen and oxygen atoms in total. The van der Waals surface area contributed by atoms with Crippen molar-refractivity contribution in [3.63, 3.8) is 0 Å². The van der Waals surface area contributed by atoms with Crippen LogP contribution in [0.25, 0.3) is 0 Å². The number of nitrogens with one attached hydrogen (secondary N) is 1. The summed E-state index contributed by atoms with van der Waals surface area (Å²) >= 11 is 7.15. The average Bonchev–Trinajstić information content (AvgIpc) is 2.84. The first kappa shape index (κ1) is 13.4. The number of thioether (sulfide) groups is 1. The van der Waals surface area contributed by atoms with Crippen molar-refractivity contribution in [3.8, 4) is 0 Å². The van der Waals surface area contributed by atoms with E-state index in [2.05, 4.69) is 52.2 Å². The first-order chi connectivity index (χ1) is 8.13.